The second kappa shape index (κ2) is 8.40. The van der Waals surface area contributed by atoms with E-state index in [0.717, 1.165) is 28.1 Å². The second-order valence-corrected chi connectivity index (χ2v) is 8.45. The number of imide groups is 1. The van der Waals surface area contributed by atoms with Crippen LogP contribution in [0.1, 0.15) is 11.3 Å². The lowest BCUT2D eigenvalue weighted by Crippen LogP contribution is -2.27. The van der Waals surface area contributed by atoms with E-state index in [1.807, 2.05) is 42.5 Å². The Hall–Kier alpha value is -4.17. The van der Waals surface area contributed by atoms with Gasteiger partial charge in [-0.15, -0.1) is 0 Å². The molecule has 1 aliphatic heterocycles. The number of non-ortho nitro benzene ring substituents is 1. The standard InChI is InChI=1S/C25H16N2O5S/c28-24-23(14-21-11-12-22(32-21)18-7-9-20(10-8-18)27(30)31)33-25(29)26(24)15-16-5-6-17-3-1-2-4-19(17)13-16/h1-14H,15H2. The lowest BCUT2D eigenvalue weighted by atomic mass is 10.1. The molecule has 3 aromatic carbocycles. The molecule has 8 heteroatoms. The van der Waals surface area contributed by atoms with Gasteiger partial charge in [0.05, 0.1) is 16.4 Å². The van der Waals surface area contributed by atoms with Crippen LogP contribution in [0.15, 0.2) is 88.2 Å². The van der Waals surface area contributed by atoms with E-state index >= 15 is 0 Å². The Balaban J connectivity index is 1.34. The number of carbonyl (C=O) groups excluding carboxylic acids is 2. The van der Waals surface area contributed by atoms with Gasteiger partial charge in [-0.1, -0.05) is 36.4 Å². The molecule has 2 heterocycles. The van der Waals surface area contributed by atoms with E-state index in [4.69, 9.17) is 4.42 Å². The SMILES string of the molecule is O=C1SC(=Cc2ccc(-c3ccc([N+](=O)[O-])cc3)o2)C(=O)N1Cc1ccc2ccccc2c1. The molecule has 1 fully saturated rings. The molecule has 1 aromatic heterocycles. The van der Waals surface area contributed by atoms with Crippen LogP contribution in [0.3, 0.4) is 0 Å². The van der Waals surface area contributed by atoms with Gasteiger partial charge in [-0.05, 0) is 58.4 Å². The first-order valence-electron chi connectivity index (χ1n) is 10.1. The summed E-state index contributed by atoms with van der Waals surface area (Å²) in [6.07, 6.45) is 1.54. The number of hydrogen-bond acceptors (Lipinski definition) is 6. The van der Waals surface area contributed by atoms with Crippen molar-refractivity contribution in [3.8, 4) is 11.3 Å². The number of furan rings is 1. The van der Waals surface area contributed by atoms with Crippen molar-refractivity contribution in [2.45, 2.75) is 6.54 Å². The molecule has 0 N–H and O–H groups in total. The molecule has 0 saturated carbocycles. The number of amides is 2. The van der Waals surface area contributed by atoms with E-state index in [2.05, 4.69) is 0 Å². The fourth-order valence-corrected chi connectivity index (χ4v) is 4.44. The number of thioether (sulfide) groups is 1. The van der Waals surface area contributed by atoms with Gasteiger partial charge in [0.25, 0.3) is 16.8 Å². The smallest absolute Gasteiger partial charge is 0.293 e. The quantitative estimate of drug-likeness (QED) is 0.200. The minimum absolute atomic E-state index is 0.00869. The number of nitro groups is 1. The number of benzene rings is 3. The monoisotopic (exact) mass is 456 g/mol. The molecule has 1 saturated heterocycles. The average Bonchev–Trinajstić information content (AvgIpc) is 3.39. The maximum atomic E-state index is 12.9. The molecule has 0 unspecified atom stereocenters. The van der Waals surface area contributed by atoms with Crippen LogP contribution in [0.25, 0.3) is 28.2 Å². The van der Waals surface area contributed by atoms with Crippen molar-refractivity contribution in [2.75, 3.05) is 0 Å². The van der Waals surface area contributed by atoms with Crippen molar-refractivity contribution in [1.82, 2.24) is 4.90 Å². The summed E-state index contributed by atoms with van der Waals surface area (Å²) in [5.74, 6) is 0.553. The predicted molar refractivity (Wildman–Crippen MR) is 126 cm³/mol. The summed E-state index contributed by atoms with van der Waals surface area (Å²) in [5, 5.41) is 12.6. The molecule has 1 aliphatic rings. The number of hydrogen-bond donors (Lipinski definition) is 0. The second-order valence-electron chi connectivity index (χ2n) is 7.46. The number of fused-ring (bicyclic) bond motifs is 1. The topological polar surface area (TPSA) is 93.7 Å². The Kier molecular flexibility index (Phi) is 5.27. The third-order valence-corrected chi connectivity index (χ3v) is 6.20. The molecule has 0 radical (unpaired) electrons. The summed E-state index contributed by atoms with van der Waals surface area (Å²) in [5.41, 5.74) is 1.53. The van der Waals surface area contributed by atoms with Crippen LogP contribution >= 0.6 is 11.8 Å². The Morgan fingerprint density at radius 1 is 0.939 bits per heavy atom. The van der Waals surface area contributed by atoms with Gasteiger partial charge < -0.3 is 4.42 Å². The summed E-state index contributed by atoms with van der Waals surface area (Å²) < 4.78 is 5.78. The predicted octanol–water partition coefficient (Wildman–Crippen LogP) is 6.24. The molecule has 0 aliphatic carbocycles. The first kappa shape index (κ1) is 20.7. The van der Waals surface area contributed by atoms with Crippen molar-refractivity contribution in [2.24, 2.45) is 0 Å². The number of rotatable bonds is 5. The zero-order valence-electron chi connectivity index (χ0n) is 17.1. The summed E-state index contributed by atoms with van der Waals surface area (Å²) in [7, 11) is 0. The zero-order chi connectivity index (χ0) is 22.9. The van der Waals surface area contributed by atoms with Crippen LogP contribution in [0.4, 0.5) is 10.5 Å². The van der Waals surface area contributed by atoms with Crippen LogP contribution in [-0.2, 0) is 11.3 Å². The molecule has 4 aromatic rings. The molecule has 5 rings (SSSR count). The molecular formula is C25H16N2O5S. The molecule has 162 valence electrons. The van der Waals surface area contributed by atoms with Gasteiger partial charge in [0.2, 0.25) is 0 Å². The van der Waals surface area contributed by atoms with Gasteiger partial charge in [0.15, 0.2) is 0 Å². The maximum Gasteiger partial charge on any atom is 0.293 e. The molecule has 33 heavy (non-hydrogen) atoms. The molecule has 0 spiro atoms. The lowest BCUT2D eigenvalue weighted by molar-refractivity contribution is -0.384. The maximum absolute atomic E-state index is 12.9. The minimum atomic E-state index is -0.467. The average molecular weight is 456 g/mol. The first-order valence-corrected chi connectivity index (χ1v) is 10.9. The van der Waals surface area contributed by atoms with Crippen LogP contribution in [0, 0.1) is 10.1 Å². The van der Waals surface area contributed by atoms with Crippen LogP contribution < -0.4 is 0 Å². The summed E-state index contributed by atoms with van der Waals surface area (Å²) in [4.78, 5) is 37.2. The zero-order valence-corrected chi connectivity index (χ0v) is 18.0. The highest BCUT2D eigenvalue weighted by Gasteiger charge is 2.35. The van der Waals surface area contributed by atoms with Crippen molar-refractivity contribution in [3.05, 3.63) is 105 Å². The Labute approximate surface area is 192 Å². The fourth-order valence-electron chi connectivity index (χ4n) is 3.62. The number of nitrogens with zero attached hydrogens (tertiary/aromatic N) is 2. The Bertz CT molecular complexity index is 1440. The Morgan fingerprint density at radius 3 is 2.45 bits per heavy atom. The summed E-state index contributed by atoms with van der Waals surface area (Å²) >= 11 is 0.873. The number of nitro benzene ring substituents is 1. The van der Waals surface area contributed by atoms with E-state index in [1.54, 1.807) is 30.3 Å². The first-order chi connectivity index (χ1) is 16.0. The highest BCUT2D eigenvalue weighted by molar-refractivity contribution is 8.18. The normalized spacial score (nSPS) is 15.0. The van der Waals surface area contributed by atoms with Gasteiger partial charge in [0, 0.05) is 23.8 Å². The number of carbonyl (C=O) groups is 2. The van der Waals surface area contributed by atoms with Crippen LogP contribution in [-0.4, -0.2) is 21.0 Å². The summed E-state index contributed by atoms with van der Waals surface area (Å²) in [6.45, 7) is 0.193. The molecular weight excluding hydrogens is 440 g/mol. The van der Waals surface area contributed by atoms with Gasteiger partial charge >= 0.3 is 0 Å². The highest BCUT2D eigenvalue weighted by atomic mass is 32.2. The van der Waals surface area contributed by atoms with Crippen molar-refractivity contribution in [3.63, 3.8) is 0 Å². The van der Waals surface area contributed by atoms with Crippen molar-refractivity contribution >= 4 is 45.4 Å². The minimum Gasteiger partial charge on any atom is -0.457 e. The van der Waals surface area contributed by atoms with E-state index in [1.165, 1.54) is 17.0 Å². The molecule has 2 amide bonds. The van der Waals surface area contributed by atoms with Gasteiger partial charge in [-0.25, -0.2) is 0 Å². The van der Waals surface area contributed by atoms with Crippen LogP contribution in [0.2, 0.25) is 0 Å². The third kappa shape index (κ3) is 4.16. The lowest BCUT2D eigenvalue weighted by Gasteiger charge is -2.13. The van der Waals surface area contributed by atoms with E-state index in [0.29, 0.717) is 17.1 Å². The highest BCUT2D eigenvalue weighted by Crippen LogP contribution is 2.34. The van der Waals surface area contributed by atoms with E-state index in [-0.39, 0.29) is 28.3 Å². The Morgan fingerprint density at radius 2 is 1.70 bits per heavy atom. The van der Waals surface area contributed by atoms with Gasteiger partial charge in [-0.2, -0.15) is 0 Å². The van der Waals surface area contributed by atoms with Crippen molar-refractivity contribution < 1.29 is 18.9 Å². The van der Waals surface area contributed by atoms with E-state index in [9.17, 15) is 19.7 Å². The fraction of sp³-hybridized carbons (Fsp3) is 0.0400. The third-order valence-electron chi connectivity index (χ3n) is 5.29. The molecule has 0 bridgehead atoms. The van der Waals surface area contributed by atoms with Crippen molar-refractivity contribution in [1.29, 1.82) is 0 Å². The van der Waals surface area contributed by atoms with Gasteiger partial charge in [-0.3, -0.25) is 24.6 Å². The summed E-state index contributed by atoms with van der Waals surface area (Å²) in [6, 6.07) is 23.2. The van der Waals surface area contributed by atoms with E-state index < -0.39 is 4.92 Å². The van der Waals surface area contributed by atoms with Crippen LogP contribution in [0.5, 0.6) is 0 Å². The molecule has 0 atom stereocenters. The van der Waals surface area contributed by atoms with Gasteiger partial charge in [0.1, 0.15) is 11.5 Å². The molecule has 7 nitrogen and oxygen atoms in total. The largest absolute Gasteiger partial charge is 0.457 e.